The zero-order chi connectivity index (χ0) is 14.3. The zero-order valence-corrected chi connectivity index (χ0v) is 13.5. The molecule has 1 heterocycles. The van der Waals surface area contributed by atoms with Gasteiger partial charge in [-0.2, -0.15) is 0 Å². The van der Waals surface area contributed by atoms with Gasteiger partial charge in [-0.25, -0.2) is 0 Å². The molecule has 1 saturated heterocycles. The van der Waals surface area contributed by atoms with Crippen LogP contribution in [0.15, 0.2) is 0 Å². The maximum Gasteiger partial charge on any atom is 0.0830 e. The zero-order valence-electron chi connectivity index (χ0n) is 13.5. The van der Waals surface area contributed by atoms with Gasteiger partial charge in [-0.3, -0.25) is 0 Å². The van der Waals surface area contributed by atoms with Crippen LogP contribution >= 0.6 is 0 Å². The Kier molecular flexibility index (Phi) is 6.79. The second-order valence-corrected chi connectivity index (χ2v) is 6.51. The van der Waals surface area contributed by atoms with E-state index in [1.54, 1.807) is 0 Å². The maximum absolute atomic E-state index is 6.02. The summed E-state index contributed by atoms with van der Waals surface area (Å²) in [6.07, 6.45) is 13.2. The van der Waals surface area contributed by atoms with Crippen LogP contribution in [0.2, 0.25) is 0 Å². The van der Waals surface area contributed by atoms with E-state index in [1.165, 1.54) is 64.2 Å². The van der Waals surface area contributed by atoms with Crippen molar-refractivity contribution in [1.82, 2.24) is 5.32 Å². The summed E-state index contributed by atoms with van der Waals surface area (Å²) >= 11 is 0. The van der Waals surface area contributed by atoms with Gasteiger partial charge in [0.05, 0.1) is 11.7 Å². The van der Waals surface area contributed by atoms with E-state index in [4.69, 9.17) is 9.47 Å². The fourth-order valence-corrected chi connectivity index (χ4v) is 4.06. The number of hydrogen-bond acceptors (Lipinski definition) is 3. The van der Waals surface area contributed by atoms with Crippen LogP contribution in [0.5, 0.6) is 0 Å². The minimum absolute atomic E-state index is 0.0881. The molecule has 3 nitrogen and oxygen atoms in total. The molecule has 1 N–H and O–H groups in total. The van der Waals surface area contributed by atoms with Gasteiger partial charge in [0.25, 0.3) is 0 Å². The summed E-state index contributed by atoms with van der Waals surface area (Å²) < 4.78 is 11.8. The summed E-state index contributed by atoms with van der Waals surface area (Å²) in [5.74, 6) is 0. The molecule has 2 aliphatic rings. The van der Waals surface area contributed by atoms with Gasteiger partial charge in [-0.1, -0.05) is 26.2 Å². The van der Waals surface area contributed by atoms with Gasteiger partial charge in [0.2, 0.25) is 0 Å². The van der Waals surface area contributed by atoms with Crippen molar-refractivity contribution in [3.05, 3.63) is 0 Å². The lowest BCUT2D eigenvalue weighted by atomic mass is 9.77. The summed E-state index contributed by atoms with van der Waals surface area (Å²) in [7, 11) is 1.91. The Labute approximate surface area is 124 Å². The predicted octanol–water partition coefficient (Wildman–Crippen LogP) is 3.66. The summed E-state index contributed by atoms with van der Waals surface area (Å²) in [4.78, 5) is 0. The van der Waals surface area contributed by atoms with Gasteiger partial charge >= 0.3 is 0 Å². The highest BCUT2D eigenvalue weighted by molar-refractivity contribution is 4.95. The quantitative estimate of drug-likeness (QED) is 0.737. The van der Waals surface area contributed by atoms with Gasteiger partial charge in [0.15, 0.2) is 0 Å². The van der Waals surface area contributed by atoms with Crippen LogP contribution in [0, 0.1) is 0 Å². The number of hydrogen-bond donors (Lipinski definition) is 1. The second-order valence-electron chi connectivity index (χ2n) is 6.51. The highest BCUT2D eigenvalue weighted by Gasteiger charge is 2.39. The third kappa shape index (κ3) is 4.19. The molecule has 0 amide bonds. The van der Waals surface area contributed by atoms with E-state index in [0.717, 1.165) is 13.2 Å². The average molecular weight is 283 g/mol. The number of ether oxygens (including phenoxy) is 2. The molecule has 0 spiro atoms. The largest absolute Gasteiger partial charge is 0.378 e. The Morgan fingerprint density at radius 1 is 1.25 bits per heavy atom. The fourth-order valence-electron chi connectivity index (χ4n) is 4.06. The highest BCUT2D eigenvalue weighted by atomic mass is 16.5. The van der Waals surface area contributed by atoms with E-state index >= 15 is 0 Å². The van der Waals surface area contributed by atoms with E-state index in [9.17, 15) is 0 Å². The molecule has 0 bridgehead atoms. The standard InChI is InChI=1S/C17H33NO2/c1-3-18-16(11-7-9-15-10-8-14-20-15)17(19-2)12-5-4-6-13-17/h15-16,18H,3-14H2,1-2H3. The molecule has 3 heteroatoms. The molecule has 1 saturated carbocycles. The molecule has 0 radical (unpaired) electrons. The predicted molar refractivity (Wildman–Crippen MR) is 83.1 cm³/mol. The molecular weight excluding hydrogens is 250 g/mol. The molecule has 2 atom stereocenters. The van der Waals surface area contributed by atoms with Gasteiger partial charge in [0, 0.05) is 19.8 Å². The van der Waals surface area contributed by atoms with Crippen molar-refractivity contribution in [1.29, 1.82) is 0 Å². The SMILES string of the molecule is CCNC(CCCC1CCCO1)C1(OC)CCCCC1. The second kappa shape index (κ2) is 8.35. The Bertz CT molecular complexity index is 258. The summed E-state index contributed by atoms with van der Waals surface area (Å²) in [6, 6.07) is 0.513. The third-order valence-electron chi connectivity index (χ3n) is 5.23. The average Bonchev–Trinajstić information content (AvgIpc) is 3.00. The van der Waals surface area contributed by atoms with Gasteiger partial charge in [-0.05, 0) is 51.5 Å². The van der Waals surface area contributed by atoms with E-state index in [-0.39, 0.29) is 5.60 Å². The number of methoxy groups -OCH3 is 1. The Hall–Kier alpha value is -0.120. The maximum atomic E-state index is 6.02. The minimum atomic E-state index is 0.0881. The molecule has 0 aromatic carbocycles. The lowest BCUT2D eigenvalue weighted by molar-refractivity contribution is -0.0698. The molecule has 1 aliphatic carbocycles. The first kappa shape index (κ1) is 16.3. The molecule has 2 fully saturated rings. The van der Waals surface area contributed by atoms with Crippen molar-refractivity contribution >= 4 is 0 Å². The van der Waals surface area contributed by atoms with Crippen LogP contribution in [0.25, 0.3) is 0 Å². The van der Waals surface area contributed by atoms with E-state index < -0.39 is 0 Å². The van der Waals surface area contributed by atoms with E-state index in [2.05, 4.69) is 12.2 Å². The van der Waals surface area contributed by atoms with Crippen LogP contribution in [-0.4, -0.2) is 38.0 Å². The van der Waals surface area contributed by atoms with Gasteiger partial charge < -0.3 is 14.8 Å². The van der Waals surface area contributed by atoms with Gasteiger partial charge in [0.1, 0.15) is 0 Å². The summed E-state index contributed by atoms with van der Waals surface area (Å²) in [6.45, 7) is 4.22. The third-order valence-corrected chi connectivity index (χ3v) is 5.23. The fraction of sp³-hybridized carbons (Fsp3) is 1.00. The number of rotatable bonds is 8. The van der Waals surface area contributed by atoms with Crippen molar-refractivity contribution in [2.45, 2.75) is 88.9 Å². The van der Waals surface area contributed by atoms with Crippen LogP contribution in [0.1, 0.15) is 71.1 Å². The first-order chi connectivity index (χ1) is 9.80. The Morgan fingerprint density at radius 3 is 2.65 bits per heavy atom. The van der Waals surface area contributed by atoms with Crippen molar-refractivity contribution in [2.75, 3.05) is 20.3 Å². The first-order valence-corrected chi connectivity index (χ1v) is 8.71. The van der Waals surface area contributed by atoms with Gasteiger partial charge in [-0.15, -0.1) is 0 Å². The van der Waals surface area contributed by atoms with Crippen molar-refractivity contribution in [2.24, 2.45) is 0 Å². The molecule has 0 aromatic rings. The van der Waals surface area contributed by atoms with E-state index in [1.807, 2.05) is 7.11 Å². The topological polar surface area (TPSA) is 30.5 Å². The number of nitrogens with one attached hydrogen (secondary N) is 1. The Morgan fingerprint density at radius 2 is 2.05 bits per heavy atom. The van der Waals surface area contributed by atoms with Crippen LogP contribution < -0.4 is 5.32 Å². The highest BCUT2D eigenvalue weighted by Crippen LogP contribution is 2.36. The molecular formula is C17H33NO2. The first-order valence-electron chi connectivity index (χ1n) is 8.71. The minimum Gasteiger partial charge on any atom is -0.378 e. The lowest BCUT2D eigenvalue weighted by Crippen LogP contribution is -2.53. The molecule has 1 aliphatic heterocycles. The van der Waals surface area contributed by atoms with Crippen molar-refractivity contribution < 1.29 is 9.47 Å². The Balaban J connectivity index is 1.83. The molecule has 20 heavy (non-hydrogen) atoms. The van der Waals surface area contributed by atoms with E-state index in [0.29, 0.717) is 12.1 Å². The summed E-state index contributed by atoms with van der Waals surface area (Å²) in [5.41, 5.74) is 0.0881. The molecule has 2 rings (SSSR count). The van der Waals surface area contributed by atoms with Crippen LogP contribution in [0.4, 0.5) is 0 Å². The van der Waals surface area contributed by atoms with Crippen LogP contribution in [-0.2, 0) is 9.47 Å². The lowest BCUT2D eigenvalue weighted by Gasteiger charge is -2.43. The van der Waals surface area contributed by atoms with Crippen molar-refractivity contribution in [3.63, 3.8) is 0 Å². The normalized spacial score (nSPS) is 27.6. The van der Waals surface area contributed by atoms with Crippen LogP contribution in [0.3, 0.4) is 0 Å². The monoisotopic (exact) mass is 283 g/mol. The summed E-state index contributed by atoms with van der Waals surface area (Å²) in [5, 5.41) is 3.70. The smallest absolute Gasteiger partial charge is 0.0830 e. The molecule has 2 unspecified atom stereocenters. The molecule has 118 valence electrons. The molecule has 0 aromatic heterocycles. The van der Waals surface area contributed by atoms with Crippen molar-refractivity contribution in [3.8, 4) is 0 Å². The number of likely N-dealkylation sites (N-methyl/N-ethyl adjacent to an activating group) is 1.